The van der Waals surface area contributed by atoms with Crippen molar-refractivity contribution in [2.45, 2.75) is 25.4 Å². The maximum atomic E-state index is 6.54. The van der Waals surface area contributed by atoms with Crippen LogP contribution in [0.4, 0.5) is 0 Å². The Kier molecular flexibility index (Phi) is 8.69. The SMILES string of the molecule is COc1ccc(CCN2CCCC(COC(c3ccc(Cl)cc3)c3ccc(Cl)cc3)C2)cc1. The molecule has 0 N–H and O–H groups in total. The van der Waals surface area contributed by atoms with Gasteiger partial charge in [-0.05, 0) is 84.8 Å². The molecule has 1 heterocycles. The first kappa shape index (κ1) is 24.1. The van der Waals surface area contributed by atoms with Crippen LogP contribution < -0.4 is 4.74 Å². The van der Waals surface area contributed by atoms with Crippen LogP contribution in [0.2, 0.25) is 10.0 Å². The molecule has 0 aromatic heterocycles. The second-order valence-electron chi connectivity index (χ2n) is 8.72. The summed E-state index contributed by atoms with van der Waals surface area (Å²) in [6.07, 6.45) is 3.33. The first-order valence-electron chi connectivity index (χ1n) is 11.6. The van der Waals surface area contributed by atoms with Crippen molar-refractivity contribution in [3.8, 4) is 5.75 Å². The Labute approximate surface area is 207 Å². The van der Waals surface area contributed by atoms with Gasteiger partial charge in [-0.2, -0.15) is 0 Å². The van der Waals surface area contributed by atoms with Gasteiger partial charge in [0.15, 0.2) is 0 Å². The monoisotopic (exact) mass is 483 g/mol. The molecule has 4 rings (SSSR count). The lowest BCUT2D eigenvalue weighted by Crippen LogP contribution is -2.38. The van der Waals surface area contributed by atoms with Crippen LogP contribution in [0.1, 0.15) is 35.6 Å². The van der Waals surface area contributed by atoms with Crippen LogP contribution in [0.25, 0.3) is 0 Å². The van der Waals surface area contributed by atoms with E-state index in [4.69, 9.17) is 32.7 Å². The molecular weight excluding hydrogens is 453 g/mol. The van der Waals surface area contributed by atoms with Gasteiger partial charge in [-0.25, -0.2) is 0 Å². The number of rotatable bonds is 9. The van der Waals surface area contributed by atoms with E-state index in [-0.39, 0.29) is 6.10 Å². The van der Waals surface area contributed by atoms with Crippen molar-refractivity contribution in [1.82, 2.24) is 4.90 Å². The molecule has 1 saturated heterocycles. The lowest BCUT2D eigenvalue weighted by Gasteiger charge is -2.33. The average molecular weight is 484 g/mol. The minimum atomic E-state index is -0.130. The van der Waals surface area contributed by atoms with E-state index in [9.17, 15) is 0 Å². The van der Waals surface area contributed by atoms with Gasteiger partial charge in [-0.1, -0.05) is 59.6 Å². The van der Waals surface area contributed by atoms with Crippen molar-refractivity contribution in [2.75, 3.05) is 33.4 Å². The van der Waals surface area contributed by atoms with Crippen molar-refractivity contribution in [3.05, 3.63) is 99.5 Å². The molecule has 174 valence electrons. The molecule has 0 bridgehead atoms. The Morgan fingerprint density at radius 3 is 2.06 bits per heavy atom. The summed E-state index contributed by atoms with van der Waals surface area (Å²) in [5.74, 6) is 1.43. The first-order valence-corrected chi connectivity index (χ1v) is 12.3. The van der Waals surface area contributed by atoms with E-state index >= 15 is 0 Å². The van der Waals surface area contributed by atoms with Gasteiger partial charge in [0.25, 0.3) is 0 Å². The minimum Gasteiger partial charge on any atom is -0.497 e. The zero-order chi connectivity index (χ0) is 23.0. The fourth-order valence-electron chi connectivity index (χ4n) is 4.46. The van der Waals surface area contributed by atoms with Gasteiger partial charge >= 0.3 is 0 Å². The fraction of sp³-hybridized carbons (Fsp3) is 0.357. The van der Waals surface area contributed by atoms with Gasteiger partial charge in [0.2, 0.25) is 0 Å². The topological polar surface area (TPSA) is 21.7 Å². The molecule has 33 heavy (non-hydrogen) atoms. The normalized spacial score (nSPS) is 16.8. The third-order valence-corrected chi connectivity index (χ3v) is 6.83. The molecule has 0 amide bonds. The number of piperidine rings is 1. The Balaban J connectivity index is 1.35. The third kappa shape index (κ3) is 6.97. The molecule has 1 fully saturated rings. The van der Waals surface area contributed by atoms with Gasteiger partial charge in [0, 0.05) is 23.1 Å². The Morgan fingerprint density at radius 1 is 0.879 bits per heavy atom. The van der Waals surface area contributed by atoms with Crippen LogP contribution in [0.5, 0.6) is 5.75 Å². The number of hydrogen-bond acceptors (Lipinski definition) is 3. The van der Waals surface area contributed by atoms with Crippen LogP contribution >= 0.6 is 23.2 Å². The molecule has 3 aromatic carbocycles. The maximum absolute atomic E-state index is 6.54. The smallest absolute Gasteiger partial charge is 0.118 e. The van der Waals surface area contributed by atoms with Crippen LogP contribution in [0.3, 0.4) is 0 Å². The number of halogens is 2. The maximum Gasteiger partial charge on any atom is 0.118 e. The lowest BCUT2D eigenvalue weighted by atomic mass is 9.97. The van der Waals surface area contributed by atoms with Gasteiger partial charge < -0.3 is 14.4 Å². The summed E-state index contributed by atoms with van der Waals surface area (Å²) >= 11 is 12.2. The molecule has 0 aliphatic carbocycles. The molecule has 1 atom stereocenters. The van der Waals surface area contributed by atoms with E-state index in [0.29, 0.717) is 5.92 Å². The zero-order valence-corrected chi connectivity index (χ0v) is 20.6. The number of nitrogens with zero attached hydrogens (tertiary/aromatic N) is 1. The number of likely N-dealkylation sites (tertiary alicyclic amines) is 1. The highest BCUT2D eigenvalue weighted by atomic mass is 35.5. The Bertz CT molecular complexity index is 944. The molecule has 0 radical (unpaired) electrons. The summed E-state index contributed by atoms with van der Waals surface area (Å²) in [6, 6.07) is 24.3. The van der Waals surface area contributed by atoms with E-state index in [2.05, 4.69) is 17.0 Å². The van der Waals surface area contributed by atoms with Crippen LogP contribution in [-0.2, 0) is 11.2 Å². The second kappa shape index (κ2) is 11.9. The number of ether oxygens (including phenoxy) is 2. The average Bonchev–Trinajstić information content (AvgIpc) is 2.85. The second-order valence-corrected chi connectivity index (χ2v) is 9.60. The molecule has 5 heteroatoms. The van der Waals surface area contributed by atoms with Crippen molar-refractivity contribution < 1.29 is 9.47 Å². The molecule has 1 aliphatic rings. The highest BCUT2D eigenvalue weighted by Gasteiger charge is 2.23. The van der Waals surface area contributed by atoms with Gasteiger partial charge in [-0.3, -0.25) is 0 Å². The predicted molar refractivity (Wildman–Crippen MR) is 137 cm³/mol. The van der Waals surface area contributed by atoms with Crippen molar-refractivity contribution in [3.63, 3.8) is 0 Å². The first-order chi connectivity index (χ1) is 16.1. The van der Waals surface area contributed by atoms with Crippen molar-refractivity contribution >= 4 is 23.2 Å². The summed E-state index contributed by atoms with van der Waals surface area (Å²) in [5, 5.41) is 1.46. The van der Waals surface area contributed by atoms with Gasteiger partial charge in [0.1, 0.15) is 11.9 Å². The van der Waals surface area contributed by atoms with E-state index < -0.39 is 0 Å². The highest BCUT2D eigenvalue weighted by Crippen LogP contribution is 2.30. The summed E-state index contributed by atoms with van der Waals surface area (Å²) in [5.41, 5.74) is 3.56. The van der Waals surface area contributed by atoms with Crippen molar-refractivity contribution in [1.29, 1.82) is 0 Å². The van der Waals surface area contributed by atoms with E-state index in [0.717, 1.165) is 59.6 Å². The molecule has 0 saturated carbocycles. The number of methoxy groups -OCH3 is 1. The third-order valence-electron chi connectivity index (χ3n) is 6.32. The summed E-state index contributed by atoms with van der Waals surface area (Å²) in [7, 11) is 1.70. The fourth-order valence-corrected chi connectivity index (χ4v) is 4.71. The van der Waals surface area contributed by atoms with E-state index in [1.807, 2.05) is 60.7 Å². The van der Waals surface area contributed by atoms with E-state index in [1.54, 1.807) is 7.11 Å². The van der Waals surface area contributed by atoms with Gasteiger partial charge in [-0.15, -0.1) is 0 Å². The molecular formula is C28H31Cl2NO2. The number of hydrogen-bond donors (Lipinski definition) is 0. The predicted octanol–water partition coefficient (Wildman–Crippen LogP) is 7.06. The molecule has 3 nitrogen and oxygen atoms in total. The van der Waals surface area contributed by atoms with Gasteiger partial charge in [0.05, 0.1) is 13.7 Å². The van der Waals surface area contributed by atoms with Crippen molar-refractivity contribution in [2.24, 2.45) is 5.92 Å². The highest BCUT2D eigenvalue weighted by molar-refractivity contribution is 6.30. The largest absolute Gasteiger partial charge is 0.497 e. The lowest BCUT2D eigenvalue weighted by molar-refractivity contribution is 0.0266. The summed E-state index contributed by atoms with van der Waals surface area (Å²) in [6.45, 7) is 4.03. The molecule has 1 aliphatic heterocycles. The molecule has 1 unspecified atom stereocenters. The standard InChI is InChI=1S/C28H31Cl2NO2/c1-32-27-14-4-21(5-15-27)16-18-31-17-2-3-22(19-31)20-33-28(23-6-10-25(29)11-7-23)24-8-12-26(30)13-9-24/h4-15,22,28H,2-3,16-20H2,1H3. The zero-order valence-electron chi connectivity index (χ0n) is 19.1. The minimum absolute atomic E-state index is 0.130. The van der Waals surface area contributed by atoms with Crippen LogP contribution in [0, 0.1) is 5.92 Å². The van der Waals surface area contributed by atoms with Crippen LogP contribution in [-0.4, -0.2) is 38.3 Å². The summed E-state index contributed by atoms with van der Waals surface area (Å²) in [4.78, 5) is 2.57. The summed E-state index contributed by atoms with van der Waals surface area (Å²) < 4.78 is 11.8. The molecule has 0 spiro atoms. The van der Waals surface area contributed by atoms with E-state index in [1.165, 1.54) is 18.4 Å². The Hall–Kier alpha value is -2.04. The number of benzene rings is 3. The Morgan fingerprint density at radius 2 is 1.48 bits per heavy atom. The quantitative estimate of drug-likeness (QED) is 0.325. The van der Waals surface area contributed by atoms with Crippen LogP contribution in [0.15, 0.2) is 72.8 Å². The molecule has 3 aromatic rings.